The topological polar surface area (TPSA) is 55.1 Å². The van der Waals surface area contributed by atoms with Crippen molar-refractivity contribution >= 4 is 21.8 Å². The summed E-state index contributed by atoms with van der Waals surface area (Å²) in [5, 5.41) is 2.97. The number of hydrogen-bond acceptors (Lipinski definition) is 2. The molecule has 94 valence electrons. The van der Waals surface area contributed by atoms with E-state index >= 15 is 0 Å². The maximum atomic E-state index is 12.1. The van der Waals surface area contributed by atoms with E-state index in [4.69, 9.17) is 5.73 Å². The van der Waals surface area contributed by atoms with Crippen LogP contribution in [-0.2, 0) is 0 Å². The van der Waals surface area contributed by atoms with E-state index in [0.717, 1.165) is 22.9 Å². The number of hydrogen-bond donors (Lipinski definition) is 2. The van der Waals surface area contributed by atoms with Crippen LogP contribution in [0.1, 0.15) is 35.7 Å². The number of rotatable bonds is 5. The molecule has 0 heterocycles. The van der Waals surface area contributed by atoms with Crippen LogP contribution in [0.25, 0.3) is 0 Å². The van der Waals surface area contributed by atoms with Gasteiger partial charge < -0.3 is 11.1 Å². The highest BCUT2D eigenvalue weighted by atomic mass is 79.9. The van der Waals surface area contributed by atoms with E-state index in [9.17, 15) is 4.79 Å². The van der Waals surface area contributed by atoms with Gasteiger partial charge in [-0.1, -0.05) is 35.3 Å². The number of carbonyl (C=O) groups is 1. The first-order valence-electron chi connectivity index (χ1n) is 5.85. The number of halogens is 1. The molecule has 17 heavy (non-hydrogen) atoms. The molecule has 1 unspecified atom stereocenters. The molecule has 0 fully saturated rings. The van der Waals surface area contributed by atoms with Crippen LogP contribution in [0.2, 0.25) is 0 Å². The SMILES string of the molecule is CCCC(CN)NC(=O)c1cc(Br)ccc1C. The van der Waals surface area contributed by atoms with Crippen molar-refractivity contribution in [2.24, 2.45) is 5.73 Å². The average Bonchev–Trinajstić information content (AvgIpc) is 2.31. The van der Waals surface area contributed by atoms with Gasteiger partial charge in [-0.15, -0.1) is 0 Å². The van der Waals surface area contributed by atoms with E-state index in [1.54, 1.807) is 0 Å². The number of nitrogens with two attached hydrogens (primary N) is 1. The Morgan fingerprint density at radius 3 is 2.82 bits per heavy atom. The second-order valence-electron chi connectivity index (χ2n) is 4.15. The van der Waals surface area contributed by atoms with Gasteiger partial charge in [0.2, 0.25) is 0 Å². The standard InChI is InChI=1S/C13H19BrN2O/c1-3-4-11(8-15)16-13(17)12-7-10(14)6-5-9(12)2/h5-7,11H,3-4,8,15H2,1-2H3,(H,16,17). The molecule has 4 heteroatoms. The summed E-state index contributed by atoms with van der Waals surface area (Å²) in [5.74, 6) is -0.0484. The van der Waals surface area contributed by atoms with Gasteiger partial charge in [0.1, 0.15) is 0 Å². The zero-order valence-corrected chi connectivity index (χ0v) is 11.9. The third-order valence-electron chi connectivity index (χ3n) is 2.70. The van der Waals surface area contributed by atoms with Crippen LogP contribution in [0.15, 0.2) is 22.7 Å². The smallest absolute Gasteiger partial charge is 0.251 e. The lowest BCUT2D eigenvalue weighted by molar-refractivity contribution is 0.0935. The summed E-state index contributed by atoms with van der Waals surface area (Å²) >= 11 is 3.37. The number of benzene rings is 1. The van der Waals surface area contributed by atoms with Gasteiger partial charge in [0, 0.05) is 22.6 Å². The third kappa shape index (κ3) is 4.13. The molecular weight excluding hydrogens is 280 g/mol. The molecule has 3 N–H and O–H groups in total. The van der Waals surface area contributed by atoms with Gasteiger partial charge in [0.25, 0.3) is 5.91 Å². The first kappa shape index (κ1) is 14.2. The van der Waals surface area contributed by atoms with E-state index in [-0.39, 0.29) is 11.9 Å². The second-order valence-corrected chi connectivity index (χ2v) is 5.07. The Morgan fingerprint density at radius 1 is 1.53 bits per heavy atom. The molecule has 0 aliphatic heterocycles. The molecule has 0 saturated heterocycles. The predicted molar refractivity (Wildman–Crippen MR) is 74.1 cm³/mol. The minimum atomic E-state index is -0.0484. The fourth-order valence-corrected chi connectivity index (χ4v) is 2.06. The largest absolute Gasteiger partial charge is 0.348 e. The van der Waals surface area contributed by atoms with Gasteiger partial charge in [0.15, 0.2) is 0 Å². The van der Waals surface area contributed by atoms with Crippen LogP contribution in [0.4, 0.5) is 0 Å². The molecule has 1 rings (SSSR count). The van der Waals surface area contributed by atoms with Gasteiger partial charge in [-0.25, -0.2) is 0 Å². The van der Waals surface area contributed by atoms with Crippen molar-refractivity contribution in [1.29, 1.82) is 0 Å². The minimum Gasteiger partial charge on any atom is -0.348 e. The van der Waals surface area contributed by atoms with Crippen molar-refractivity contribution in [3.8, 4) is 0 Å². The predicted octanol–water partition coefficient (Wildman–Crippen LogP) is 2.61. The Morgan fingerprint density at radius 2 is 2.24 bits per heavy atom. The van der Waals surface area contributed by atoms with Crippen molar-refractivity contribution in [2.75, 3.05) is 6.54 Å². The summed E-state index contributed by atoms with van der Waals surface area (Å²) in [6.07, 6.45) is 1.93. The Labute approximate surface area is 111 Å². The van der Waals surface area contributed by atoms with Gasteiger partial charge >= 0.3 is 0 Å². The lowest BCUT2D eigenvalue weighted by Crippen LogP contribution is -2.40. The molecule has 3 nitrogen and oxygen atoms in total. The summed E-state index contributed by atoms with van der Waals surface area (Å²) in [4.78, 5) is 12.1. The summed E-state index contributed by atoms with van der Waals surface area (Å²) in [6.45, 7) is 4.49. The van der Waals surface area contributed by atoms with Crippen molar-refractivity contribution in [1.82, 2.24) is 5.32 Å². The number of aryl methyl sites for hydroxylation is 1. The summed E-state index contributed by atoms with van der Waals surface area (Å²) < 4.78 is 0.910. The molecule has 0 radical (unpaired) electrons. The lowest BCUT2D eigenvalue weighted by atomic mass is 10.1. The fraction of sp³-hybridized carbons (Fsp3) is 0.462. The van der Waals surface area contributed by atoms with Crippen molar-refractivity contribution in [3.63, 3.8) is 0 Å². The molecule has 1 aromatic rings. The Bertz CT molecular complexity index is 393. The second kappa shape index (κ2) is 6.77. The highest BCUT2D eigenvalue weighted by Gasteiger charge is 2.13. The first-order valence-corrected chi connectivity index (χ1v) is 6.64. The molecule has 0 aliphatic rings. The van der Waals surface area contributed by atoms with Crippen LogP contribution in [0.3, 0.4) is 0 Å². The molecule has 0 spiro atoms. The van der Waals surface area contributed by atoms with Gasteiger partial charge in [-0.3, -0.25) is 4.79 Å². The quantitative estimate of drug-likeness (QED) is 0.878. The molecule has 1 amide bonds. The molecule has 1 atom stereocenters. The molecule has 0 aromatic heterocycles. The van der Waals surface area contributed by atoms with E-state index in [1.165, 1.54) is 0 Å². The van der Waals surface area contributed by atoms with E-state index in [2.05, 4.69) is 28.2 Å². The van der Waals surface area contributed by atoms with Crippen molar-refractivity contribution < 1.29 is 4.79 Å². The van der Waals surface area contributed by atoms with Crippen LogP contribution in [0.5, 0.6) is 0 Å². The molecule has 0 bridgehead atoms. The zero-order chi connectivity index (χ0) is 12.8. The molecule has 1 aromatic carbocycles. The average molecular weight is 299 g/mol. The molecular formula is C13H19BrN2O. The van der Waals surface area contributed by atoms with E-state index in [1.807, 2.05) is 25.1 Å². The van der Waals surface area contributed by atoms with E-state index in [0.29, 0.717) is 12.1 Å². The van der Waals surface area contributed by atoms with Gasteiger partial charge in [-0.2, -0.15) is 0 Å². The highest BCUT2D eigenvalue weighted by Crippen LogP contribution is 2.16. The van der Waals surface area contributed by atoms with Crippen LogP contribution in [-0.4, -0.2) is 18.5 Å². The van der Waals surface area contributed by atoms with Crippen LogP contribution in [0, 0.1) is 6.92 Å². The molecule has 0 saturated carbocycles. The maximum Gasteiger partial charge on any atom is 0.251 e. The Hall–Kier alpha value is -0.870. The third-order valence-corrected chi connectivity index (χ3v) is 3.19. The molecule has 0 aliphatic carbocycles. The highest BCUT2D eigenvalue weighted by molar-refractivity contribution is 9.10. The van der Waals surface area contributed by atoms with Crippen molar-refractivity contribution in [2.45, 2.75) is 32.7 Å². The van der Waals surface area contributed by atoms with Crippen molar-refractivity contribution in [3.05, 3.63) is 33.8 Å². The summed E-state index contributed by atoms with van der Waals surface area (Å²) in [5.41, 5.74) is 7.30. The lowest BCUT2D eigenvalue weighted by Gasteiger charge is -2.16. The van der Waals surface area contributed by atoms with Gasteiger partial charge in [0.05, 0.1) is 0 Å². The van der Waals surface area contributed by atoms with Crippen LogP contribution < -0.4 is 11.1 Å². The first-order chi connectivity index (χ1) is 8.08. The van der Waals surface area contributed by atoms with Crippen LogP contribution >= 0.6 is 15.9 Å². The Kier molecular flexibility index (Phi) is 5.65. The number of nitrogens with one attached hydrogen (secondary N) is 1. The number of carbonyl (C=O) groups excluding carboxylic acids is 1. The minimum absolute atomic E-state index is 0.0484. The number of amides is 1. The maximum absolute atomic E-state index is 12.1. The Balaban J connectivity index is 2.78. The fourth-order valence-electron chi connectivity index (χ4n) is 1.70. The monoisotopic (exact) mass is 298 g/mol. The van der Waals surface area contributed by atoms with E-state index < -0.39 is 0 Å². The summed E-state index contributed by atoms with van der Waals surface area (Å²) in [7, 11) is 0. The normalized spacial score (nSPS) is 12.2. The zero-order valence-electron chi connectivity index (χ0n) is 10.3. The van der Waals surface area contributed by atoms with Gasteiger partial charge in [-0.05, 0) is 31.0 Å². The summed E-state index contributed by atoms with van der Waals surface area (Å²) in [6, 6.07) is 5.75.